The minimum Gasteiger partial charge on any atom is -0.0654 e. The smallest absolute Gasteiger partial charge is 0.0162 e. The van der Waals surface area contributed by atoms with E-state index in [1.807, 2.05) is 0 Å². The van der Waals surface area contributed by atoms with Gasteiger partial charge in [0.15, 0.2) is 0 Å². The first-order valence-electron chi connectivity index (χ1n) is 13.7. The van der Waals surface area contributed by atoms with Crippen LogP contribution in [0.4, 0.5) is 0 Å². The van der Waals surface area contributed by atoms with E-state index in [4.69, 9.17) is 0 Å². The van der Waals surface area contributed by atoms with Gasteiger partial charge in [-0.25, -0.2) is 0 Å². The fourth-order valence-corrected chi connectivity index (χ4v) is 6.79. The highest BCUT2D eigenvalue weighted by atomic mass is 14.4. The van der Waals surface area contributed by atoms with E-state index >= 15 is 0 Å². The molecular weight excluding hydrogens is 360 g/mol. The quantitative estimate of drug-likeness (QED) is 0.337. The van der Waals surface area contributed by atoms with Crippen molar-refractivity contribution in [3.63, 3.8) is 0 Å². The zero-order chi connectivity index (χ0) is 21.3. The summed E-state index contributed by atoms with van der Waals surface area (Å²) in [7, 11) is 0. The summed E-state index contributed by atoms with van der Waals surface area (Å²) in [6.45, 7) is 9.71. The van der Waals surface area contributed by atoms with Crippen LogP contribution in [0.2, 0.25) is 0 Å². The molecule has 0 amide bonds. The summed E-state index contributed by atoms with van der Waals surface area (Å²) < 4.78 is 0. The summed E-state index contributed by atoms with van der Waals surface area (Å²) in [5.74, 6) is 5.68. The maximum atomic E-state index is 2.61. The van der Waals surface area contributed by atoms with Crippen LogP contribution in [0.5, 0.6) is 0 Å². The van der Waals surface area contributed by atoms with E-state index in [0.29, 0.717) is 0 Å². The standard InChI is InChI=1S/C30H50/c1-5-7-8-10-26-13-17-28(18-14-26)24(4)30-21-19-29(20-22-30)23(3)27-15-11-25(9-6-2)12-16-27/h11-12,15-16,23-24,26,28-30H,5-10,13-14,17-22H2,1-4H3. The summed E-state index contributed by atoms with van der Waals surface area (Å²) in [4.78, 5) is 0. The molecule has 2 aliphatic carbocycles. The Hall–Kier alpha value is -0.780. The van der Waals surface area contributed by atoms with Gasteiger partial charge in [0.05, 0.1) is 0 Å². The minimum atomic E-state index is 0.732. The van der Waals surface area contributed by atoms with E-state index < -0.39 is 0 Å². The number of hydrogen-bond donors (Lipinski definition) is 0. The number of rotatable bonds is 10. The van der Waals surface area contributed by atoms with E-state index in [1.165, 1.54) is 95.5 Å². The fourth-order valence-electron chi connectivity index (χ4n) is 6.79. The molecule has 2 aliphatic rings. The lowest BCUT2D eigenvalue weighted by atomic mass is 9.65. The fraction of sp³-hybridized carbons (Fsp3) is 0.800. The number of unbranched alkanes of at least 4 members (excludes halogenated alkanes) is 2. The van der Waals surface area contributed by atoms with Crippen molar-refractivity contribution in [2.24, 2.45) is 29.6 Å². The molecule has 1 aromatic rings. The van der Waals surface area contributed by atoms with Gasteiger partial charge < -0.3 is 0 Å². The van der Waals surface area contributed by atoms with Gasteiger partial charge in [0.25, 0.3) is 0 Å². The summed E-state index contributed by atoms with van der Waals surface area (Å²) in [5, 5.41) is 0. The summed E-state index contributed by atoms with van der Waals surface area (Å²) >= 11 is 0. The molecule has 3 rings (SSSR count). The molecule has 0 saturated heterocycles. The van der Waals surface area contributed by atoms with Crippen LogP contribution in [0.3, 0.4) is 0 Å². The molecule has 0 heteroatoms. The summed E-state index contributed by atoms with van der Waals surface area (Å²) in [6.07, 6.45) is 20.3. The van der Waals surface area contributed by atoms with Gasteiger partial charge in [-0.15, -0.1) is 0 Å². The van der Waals surface area contributed by atoms with Crippen molar-refractivity contribution in [3.8, 4) is 0 Å². The molecule has 2 saturated carbocycles. The van der Waals surface area contributed by atoms with Crippen molar-refractivity contribution in [1.82, 2.24) is 0 Å². The van der Waals surface area contributed by atoms with E-state index in [0.717, 1.165) is 35.5 Å². The van der Waals surface area contributed by atoms with Gasteiger partial charge in [0.1, 0.15) is 0 Å². The van der Waals surface area contributed by atoms with Crippen LogP contribution >= 0.6 is 0 Å². The van der Waals surface area contributed by atoms with Gasteiger partial charge in [-0.3, -0.25) is 0 Å². The molecule has 2 unspecified atom stereocenters. The minimum absolute atomic E-state index is 0.732. The topological polar surface area (TPSA) is 0 Å². The number of aryl methyl sites for hydroxylation is 1. The third-order valence-electron chi connectivity index (χ3n) is 9.16. The molecule has 0 heterocycles. The first-order valence-corrected chi connectivity index (χ1v) is 13.7. The molecule has 0 N–H and O–H groups in total. The molecule has 2 atom stereocenters. The third-order valence-corrected chi connectivity index (χ3v) is 9.16. The van der Waals surface area contributed by atoms with Gasteiger partial charge in [0, 0.05) is 0 Å². The third kappa shape index (κ3) is 6.61. The molecule has 1 aromatic carbocycles. The Morgan fingerprint density at radius 3 is 1.83 bits per heavy atom. The van der Waals surface area contributed by atoms with Crippen LogP contribution in [0.1, 0.15) is 128 Å². The van der Waals surface area contributed by atoms with Gasteiger partial charge in [-0.1, -0.05) is 96.9 Å². The molecule has 30 heavy (non-hydrogen) atoms. The Labute approximate surface area is 188 Å². The zero-order valence-electron chi connectivity index (χ0n) is 20.7. The van der Waals surface area contributed by atoms with E-state index in [1.54, 1.807) is 5.56 Å². The van der Waals surface area contributed by atoms with Crippen LogP contribution in [0.25, 0.3) is 0 Å². The van der Waals surface area contributed by atoms with Gasteiger partial charge in [0.2, 0.25) is 0 Å². The van der Waals surface area contributed by atoms with E-state index in [9.17, 15) is 0 Å². The maximum Gasteiger partial charge on any atom is -0.0162 e. The molecule has 2 fully saturated rings. The number of benzene rings is 1. The highest BCUT2D eigenvalue weighted by molar-refractivity contribution is 5.25. The lowest BCUT2D eigenvalue weighted by Gasteiger charge is -2.40. The van der Waals surface area contributed by atoms with Crippen molar-refractivity contribution >= 4 is 0 Å². The molecule has 0 bridgehead atoms. The molecule has 0 aromatic heterocycles. The predicted molar refractivity (Wildman–Crippen MR) is 133 cm³/mol. The van der Waals surface area contributed by atoms with Crippen LogP contribution < -0.4 is 0 Å². The SMILES string of the molecule is CCCCCC1CCC(C(C)C2CCC(C(C)c3ccc(CCC)cc3)CC2)CC1. The van der Waals surface area contributed by atoms with Gasteiger partial charge >= 0.3 is 0 Å². The Morgan fingerprint density at radius 1 is 0.700 bits per heavy atom. The number of hydrogen-bond acceptors (Lipinski definition) is 0. The van der Waals surface area contributed by atoms with E-state index in [2.05, 4.69) is 52.0 Å². The second kappa shape index (κ2) is 12.3. The lowest BCUT2D eigenvalue weighted by Crippen LogP contribution is -2.29. The molecule has 0 aliphatic heterocycles. The summed E-state index contributed by atoms with van der Waals surface area (Å²) in [6, 6.07) is 9.59. The monoisotopic (exact) mass is 410 g/mol. The molecule has 170 valence electrons. The normalized spacial score (nSPS) is 29.5. The van der Waals surface area contributed by atoms with Crippen LogP contribution in [-0.4, -0.2) is 0 Å². The van der Waals surface area contributed by atoms with Crippen molar-refractivity contribution in [2.45, 2.75) is 124 Å². The first kappa shape index (κ1) is 23.9. The average Bonchev–Trinajstić information content (AvgIpc) is 2.80. The summed E-state index contributed by atoms with van der Waals surface area (Å²) in [5.41, 5.74) is 3.08. The van der Waals surface area contributed by atoms with Crippen molar-refractivity contribution < 1.29 is 0 Å². The Kier molecular flexibility index (Phi) is 9.79. The molecule has 0 nitrogen and oxygen atoms in total. The van der Waals surface area contributed by atoms with Crippen molar-refractivity contribution in [2.75, 3.05) is 0 Å². The second-order valence-electron chi connectivity index (χ2n) is 11.1. The second-order valence-corrected chi connectivity index (χ2v) is 11.1. The van der Waals surface area contributed by atoms with Crippen molar-refractivity contribution in [1.29, 1.82) is 0 Å². The highest BCUT2D eigenvalue weighted by Crippen LogP contribution is 2.45. The zero-order valence-corrected chi connectivity index (χ0v) is 20.7. The average molecular weight is 411 g/mol. The van der Waals surface area contributed by atoms with Crippen LogP contribution in [0, 0.1) is 29.6 Å². The predicted octanol–water partition coefficient (Wildman–Crippen LogP) is 9.57. The Balaban J connectivity index is 1.41. The largest absolute Gasteiger partial charge is 0.0654 e. The lowest BCUT2D eigenvalue weighted by molar-refractivity contribution is 0.118. The molecule has 0 spiro atoms. The Morgan fingerprint density at radius 2 is 1.27 bits per heavy atom. The first-order chi connectivity index (χ1) is 14.6. The van der Waals surface area contributed by atoms with Gasteiger partial charge in [-0.2, -0.15) is 0 Å². The van der Waals surface area contributed by atoms with Crippen molar-refractivity contribution in [3.05, 3.63) is 35.4 Å². The van der Waals surface area contributed by atoms with Gasteiger partial charge in [-0.05, 0) is 91.6 Å². The maximum absolute atomic E-state index is 2.61. The highest BCUT2D eigenvalue weighted by Gasteiger charge is 2.33. The van der Waals surface area contributed by atoms with E-state index in [-0.39, 0.29) is 0 Å². The van der Waals surface area contributed by atoms with Crippen LogP contribution in [0.15, 0.2) is 24.3 Å². The Bertz CT molecular complexity index is 569. The molecular formula is C30H50. The molecule has 0 radical (unpaired) electrons. The van der Waals surface area contributed by atoms with Crippen LogP contribution in [-0.2, 0) is 6.42 Å².